The first kappa shape index (κ1) is 23.0. The molecular formula is C15H24F6O3. The number of methoxy groups -OCH3 is 1. The van der Waals surface area contributed by atoms with E-state index in [1.807, 2.05) is 0 Å². The quantitative estimate of drug-likeness (QED) is 0.329. The van der Waals surface area contributed by atoms with Gasteiger partial charge in [-0.3, -0.25) is 4.79 Å². The van der Waals surface area contributed by atoms with E-state index in [0.717, 1.165) is 7.11 Å². The van der Waals surface area contributed by atoms with Gasteiger partial charge in [0.1, 0.15) is 0 Å². The lowest BCUT2D eigenvalue weighted by atomic mass is 9.80. The standard InChI is InChI=1S/C15H24F6O3/c1-24-13(23)7-4-6-12(10-15(19,20)21)11(5-2-3-8-22)9-14(16,17)18/h11-12,22H,2-10H2,1H3. The van der Waals surface area contributed by atoms with E-state index in [1.165, 1.54) is 0 Å². The second-order valence-electron chi connectivity index (χ2n) is 5.85. The summed E-state index contributed by atoms with van der Waals surface area (Å²) in [4.78, 5) is 11.0. The van der Waals surface area contributed by atoms with Crippen LogP contribution in [0.3, 0.4) is 0 Å². The van der Waals surface area contributed by atoms with Crippen molar-refractivity contribution in [3.8, 4) is 0 Å². The van der Waals surface area contributed by atoms with E-state index in [2.05, 4.69) is 4.74 Å². The van der Waals surface area contributed by atoms with Gasteiger partial charge in [0.2, 0.25) is 0 Å². The Balaban J connectivity index is 4.96. The molecule has 0 radical (unpaired) electrons. The average Bonchev–Trinajstić information content (AvgIpc) is 2.42. The highest BCUT2D eigenvalue weighted by atomic mass is 19.4. The molecule has 0 fully saturated rings. The summed E-state index contributed by atoms with van der Waals surface area (Å²) in [5.74, 6) is -3.00. The molecule has 0 spiro atoms. The molecule has 144 valence electrons. The minimum absolute atomic E-state index is 0.0426. The summed E-state index contributed by atoms with van der Waals surface area (Å²) in [6.07, 6.45) is -11.5. The maximum absolute atomic E-state index is 12.7. The zero-order chi connectivity index (χ0) is 18.8. The highest BCUT2D eigenvalue weighted by Crippen LogP contribution is 2.40. The van der Waals surface area contributed by atoms with Gasteiger partial charge in [0, 0.05) is 25.9 Å². The average molecular weight is 366 g/mol. The molecule has 0 aliphatic rings. The molecule has 0 heterocycles. The van der Waals surface area contributed by atoms with Crippen LogP contribution in [-0.2, 0) is 9.53 Å². The fourth-order valence-corrected chi connectivity index (χ4v) is 2.73. The van der Waals surface area contributed by atoms with Gasteiger partial charge in [-0.25, -0.2) is 0 Å². The molecular weight excluding hydrogens is 342 g/mol. The van der Waals surface area contributed by atoms with E-state index in [0.29, 0.717) is 0 Å². The van der Waals surface area contributed by atoms with Crippen LogP contribution >= 0.6 is 0 Å². The fourth-order valence-electron chi connectivity index (χ4n) is 2.73. The van der Waals surface area contributed by atoms with Crippen molar-refractivity contribution in [2.45, 2.75) is 63.7 Å². The summed E-state index contributed by atoms with van der Waals surface area (Å²) in [5.41, 5.74) is 0. The summed E-state index contributed by atoms with van der Waals surface area (Å²) in [6, 6.07) is 0. The molecule has 0 aliphatic heterocycles. The van der Waals surface area contributed by atoms with Crippen molar-refractivity contribution in [3.63, 3.8) is 0 Å². The van der Waals surface area contributed by atoms with Crippen LogP contribution in [0.1, 0.15) is 51.4 Å². The van der Waals surface area contributed by atoms with Crippen molar-refractivity contribution >= 4 is 5.97 Å². The second-order valence-corrected chi connectivity index (χ2v) is 5.85. The van der Waals surface area contributed by atoms with Crippen LogP contribution < -0.4 is 0 Å². The molecule has 0 aromatic rings. The highest BCUT2D eigenvalue weighted by Gasteiger charge is 2.40. The predicted molar refractivity (Wildman–Crippen MR) is 75.1 cm³/mol. The zero-order valence-corrected chi connectivity index (χ0v) is 13.6. The summed E-state index contributed by atoms with van der Waals surface area (Å²) < 4.78 is 80.7. The van der Waals surface area contributed by atoms with E-state index in [-0.39, 0.29) is 45.1 Å². The summed E-state index contributed by atoms with van der Waals surface area (Å²) >= 11 is 0. The molecule has 0 aromatic carbocycles. The third-order valence-electron chi connectivity index (χ3n) is 3.82. The van der Waals surface area contributed by atoms with E-state index in [1.54, 1.807) is 0 Å². The van der Waals surface area contributed by atoms with Gasteiger partial charge in [-0.05, 0) is 37.5 Å². The number of halogens is 6. The number of carbonyl (C=O) groups excluding carboxylic acids is 1. The largest absolute Gasteiger partial charge is 0.469 e. The second kappa shape index (κ2) is 10.8. The van der Waals surface area contributed by atoms with Gasteiger partial charge in [-0.15, -0.1) is 0 Å². The van der Waals surface area contributed by atoms with Crippen molar-refractivity contribution in [1.29, 1.82) is 0 Å². The molecule has 0 saturated heterocycles. The van der Waals surface area contributed by atoms with Crippen LogP contribution in [0.5, 0.6) is 0 Å². The molecule has 2 unspecified atom stereocenters. The summed E-state index contributed by atoms with van der Waals surface area (Å²) in [5, 5.41) is 8.71. The maximum atomic E-state index is 12.7. The maximum Gasteiger partial charge on any atom is 0.389 e. The van der Waals surface area contributed by atoms with Crippen LogP contribution in [0.4, 0.5) is 26.3 Å². The highest BCUT2D eigenvalue weighted by molar-refractivity contribution is 5.68. The number of aliphatic hydroxyl groups excluding tert-OH is 1. The Bertz CT molecular complexity index is 354. The van der Waals surface area contributed by atoms with Gasteiger partial charge in [-0.1, -0.05) is 6.42 Å². The Labute approximate surface area is 137 Å². The molecule has 0 saturated carbocycles. The van der Waals surface area contributed by atoms with Gasteiger partial charge in [-0.2, -0.15) is 26.3 Å². The molecule has 0 amide bonds. The Morgan fingerprint density at radius 1 is 0.917 bits per heavy atom. The molecule has 0 bridgehead atoms. The van der Waals surface area contributed by atoms with Crippen LogP contribution in [0.2, 0.25) is 0 Å². The van der Waals surface area contributed by atoms with Gasteiger partial charge < -0.3 is 9.84 Å². The first-order valence-corrected chi connectivity index (χ1v) is 7.79. The number of unbranched alkanes of at least 4 members (excludes halogenated alkanes) is 1. The lowest BCUT2D eigenvalue weighted by molar-refractivity contribution is -0.169. The monoisotopic (exact) mass is 366 g/mol. The molecule has 24 heavy (non-hydrogen) atoms. The van der Waals surface area contributed by atoms with Gasteiger partial charge in [0.05, 0.1) is 7.11 Å². The van der Waals surface area contributed by atoms with E-state index in [9.17, 15) is 31.1 Å². The first-order chi connectivity index (χ1) is 11.0. The zero-order valence-electron chi connectivity index (χ0n) is 13.6. The van der Waals surface area contributed by atoms with Crippen molar-refractivity contribution in [1.82, 2.24) is 0 Å². The number of esters is 1. The van der Waals surface area contributed by atoms with Gasteiger partial charge in [0.15, 0.2) is 0 Å². The minimum Gasteiger partial charge on any atom is -0.469 e. The number of hydrogen-bond donors (Lipinski definition) is 1. The number of carbonyl (C=O) groups is 1. The molecule has 3 nitrogen and oxygen atoms in total. The number of aliphatic hydroxyl groups is 1. The van der Waals surface area contributed by atoms with E-state index in [4.69, 9.17) is 5.11 Å². The number of hydrogen-bond acceptors (Lipinski definition) is 3. The fraction of sp³-hybridized carbons (Fsp3) is 0.933. The van der Waals surface area contributed by atoms with Crippen LogP contribution in [0, 0.1) is 11.8 Å². The molecule has 1 N–H and O–H groups in total. The van der Waals surface area contributed by atoms with E-state index >= 15 is 0 Å². The van der Waals surface area contributed by atoms with Crippen molar-refractivity contribution in [2.75, 3.05) is 13.7 Å². The molecule has 9 heteroatoms. The Morgan fingerprint density at radius 2 is 1.38 bits per heavy atom. The SMILES string of the molecule is COC(=O)CCCC(CC(F)(F)F)C(CCCCO)CC(F)(F)F. The predicted octanol–water partition coefficient (Wildman–Crippen LogP) is 4.63. The van der Waals surface area contributed by atoms with Crippen molar-refractivity contribution in [3.05, 3.63) is 0 Å². The lowest BCUT2D eigenvalue weighted by Crippen LogP contribution is -2.27. The normalized spacial score (nSPS) is 15.2. The molecule has 0 aromatic heterocycles. The van der Waals surface area contributed by atoms with Crippen LogP contribution in [-0.4, -0.2) is 37.1 Å². The van der Waals surface area contributed by atoms with E-state index < -0.39 is 43.0 Å². The Hall–Kier alpha value is -0.990. The number of ether oxygens (including phenoxy) is 1. The van der Waals surface area contributed by atoms with Crippen molar-refractivity contribution in [2.24, 2.45) is 11.8 Å². The van der Waals surface area contributed by atoms with Crippen molar-refractivity contribution < 1.29 is 41.0 Å². The molecule has 2 atom stereocenters. The smallest absolute Gasteiger partial charge is 0.389 e. The lowest BCUT2D eigenvalue weighted by Gasteiger charge is -2.29. The minimum atomic E-state index is -4.57. The third kappa shape index (κ3) is 12.4. The third-order valence-corrected chi connectivity index (χ3v) is 3.82. The number of alkyl halides is 6. The van der Waals surface area contributed by atoms with Gasteiger partial charge in [0.25, 0.3) is 0 Å². The summed E-state index contributed by atoms with van der Waals surface area (Å²) in [7, 11) is 1.14. The first-order valence-electron chi connectivity index (χ1n) is 7.79. The topological polar surface area (TPSA) is 46.5 Å². The molecule has 0 rings (SSSR count). The van der Waals surface area contributed by atoms with Gasteiger partial charge >= 0.3 is 18.3 Å². The number of rotatable bonds is 11. The Morgan fingerprint density at radius 3 is 1.75 bits per heavy atom. The summed E-state index contributed by atoms with van der Waals surface area (Å²) in [6.45, 7) is -0.217. The Kier molecular flexibility index (Phi) is 10.3. The van der Waals surface area contributed by atoms with Crippen LogP contribution in [0.15, 0.2) is 0 Å². The molecule has 0 aliphatic carbocycles. The van der Waals surface area contributed by atoms with Crippen LogP contribution in [0.25, 0.3) is 0 Å².